The zero-order valence-electron chi connectivity index (χ0n) is 15.8. The van der Waals surface area contributed by atoms with Crippen molar-refractivity contribution in [2.45, 2.75) is 27.7 Å². The molecule has 26 heavy (non-hydrogen) atoms. The highest BCUT2D eigenvalue weighted by molar-refractivity contribution is 5.66. The van der Waals surface area contributed by atoms with Gasteiger partial charge in [0.1, 0.15) is 11.6 Å². The van der Waals surface area contributed by atoms with E-state index in [-0.39, 0.29) is 0 Å². The van der Waals surface area contributed by atoms with Crippen LogP contribution >= 0.6 is 0 Å². The number of anilines is 4. The quantitative estimate of drug-likeness (QED) is 0.663. The van der Waals surface area contributed by atoms with Gasteiger partial charge in [0.15, 0.2) is 0 Å². The first-order chi connectivity index (χ1) is 12.4. The molecule has 0 aliphatic carbocycles. The van der Waals surface area contributed by atoms with Crippen LogP contribution in [0.5, 0.6) is 5.75 Å². The van der Waals surface area contributed by atoms with E-state index in [0.717, 1.165) is 28.4 Å². The van der Waals surface area contributed by atoms with Gasteiger partial charge in [0.25, 0.3) is 0 Å². The molecular weight excluding hydrogens is 324 g/mol. The van der Waals surface area contributed by atoms with Crippen molar-refractivity contribution in [3.63, 3.8) is 0 Å². The minimum atomic E-state index is 0.558. The van der Waals surface area contributed by atoms with Crippen molar-refractivity contribution in [3.8, 4) is 5.75 Å². The molecule has 0 spiro atoms. The number of hydrogen-bond acceptors (Lipinski definition) is 5. The topological polar surface area (TPSA) is 59.1 Å². The Bertz CT molecular complexity index is 937. The van der Waals surface area contributed by atoms with Crippen LogP contribution in [0.25, 0.3) is 0 Å². The molecule has 5 nitrogen and oxygen atoms in total. The Balaban J connectivity index is 1.88. The second-order valence-electron chi connectivity index (χ2n) is 6.47. The fourth-order valence-electron chi connectivity index (χ4n) is 2.69. The maximum absolute atomic E-state index is 5.43. The molecule has 2 aromatic carbocycles. The lowest BCUT2D eigenvalue weighted by Gasteiger charge is -2.13. The zero-order valence-corrected chi connectivity index (χ0v) is 15.8. The van der Waals surface area contributed by atoms with E-state index >= 15 is 0 Å². The molecule has 0 radical (unpaired) electrons. The van der Waals surface area contributed by atoms with E-state index < -0.39 is 0 Å². The van der Waals surface area contributed by atoms with E-state index in [1.807, 2.05) is 44.2 Å². The number of aromatic nitrogens is 2. The molecule has 5 heteroatoms. The van der Waals surface area contributed by atoms with Gasteiger partial charge in [0.05, 0.1) is 12.8 Å². The number of methoxy groups -OCH3 is 1. The summed E-state index contributed by atoms with van der Waals surface area (Å²) < 4.78 is 5.43. The summed E-state index contributed by atoms with van der Waals surface area (Å²) in [5, 5.41) is 6.62. The summed E-state index contributed by atoms with van der Waals surface area (Å²) in [4.78, 5) is 9.08. The van der Waals surface area contributed by atoms with E-state index in [1.165, 1.54) is 11.1 Å². The predicted molar refractivity (Wildman–Crippen MR) is 107 cm³/mol. The summed E-state index contributed by atoms with van der Waals surface area (Å²) in [6.07, 6.45) is 0. The smallest absolute Gasteiger partial charge is 0.229 e. The van der Waals surface area contributed by atoms with Crippen LogP contribution in [0.2, 0.25) is 0 Å². The minimum absolute atomic E-state index is 0.558. The first-order valence-electron chi connectivity index (χ1n) is 8.56. The fraction of sp³-hybridized carbons (Fsp3) is 0.238. The molecule has 2 N–H and O–H groups in total. The second-order valence-corrected chi connectivity index (χ2v) is 6.47. The summed E-state index contributed by atoms with van der Waals surface area (Å²) in [7, 11) is 1.66. The van der Waals surface area contributed by atoms with Gasteiger partial charge < -0.3 is 15.4 Å². The second kappa shape index (κ2) is 7.44. The number of benzene rings is 2. The van der Waals surface area contributed by atoms with Crippen molar-refractivity contribution < 1.29 is 4.74 Å². The first kappa shape index (κ1) is 17.7. The van der Waals surface area contributed by atoms with Gasteiger partial charge in [-0.3, -0.25) is 0 Å². The largest absolute Gasteiger partial charge is 0.495 e. The molecule has 1 heterocycles. The van der Waals surface area contributed by atoms with Crippen LogP contribution in [-0.4, -0.2) is 17.1 Å². The summed E-state index contributed by atoms with van der Waals surface area (Å²) >= 11 is 0. The lowest BCUT2D eigenvalue weighted by molar-refractivity contribution is 0.416. The van der Waals surface area contributed by atoms with Crippen LogP contribution in [0.1, 0.15) is 22.4 Å². The standard InChI is InChI=1S/C21H24N4O/c1-13-6-9-19(26-5)18(10-13)24-20-12-16(4)22-21(25-20)23-17-8-7-14(2)15(3)11-17/h6-12H,1-5H3,(H2,22,23,24,25). The molecule has 0 saturated carbocycles. The van der Waals surface area contributed by atoms with Crippen molar-refractivity contribution >= 4 is 23.1 Å². The Morgan fingerprint density at radius 2 is 1.62 bits per heavy atom. The van der Waals surface area contributed by atoms with Gasteiger partial charge in [-0.1, -0.05) is 12.1 Å². The average molecular weight is 348 g/mol. The van der Waals surface area contributed by atoms with Crippen LogP contribution in [0.4, 0.5) is 23.1 Å². The molecular formula is C21H24N4O. The van der Waals surface area contributed by atoms with E-state index in [4.69, 9.17) is 4.74 Å². The van der Waals surface area contributed by atoms with Crippen molar-refractivity contribution in [2.75, 3.05) is 17.7 Å². The van der Waals surface area contributed by atoms with Gasteiger partial charge in [0.2, 0.25) is 5.95 Å². The lowest BCUT2D eigenvalue weighted by Crippen LogP contribution is -2.03. The van der Waals surface area contributed by atoms with Crippen LogP contribution in [0.3, 0.4) is 0 Å². The lowest BCUT2D eigenvalue weighted by atomic mass is 10.1. The molecule has 0 aliphatic heterocycles. The summed E-state index contributed by atoms with van der Waals surface area (Å²) in [5.41, 5.74) is 6.36. The third-order valence-electron chi connectivity index (χ3n) is 4.23. The average Bonchev–Trinajstić information content (AvgIpc) is 2.58. The minimum Gasteiger partial charge on any atom is -0.495 e. The highest BCUT2D eigenvalue weighted by atomic mass is 16.5. The van der Waals surface area contributed by atoms with Gasteiger partial charge in [-0.05, 0) is 68.7 Å². The Hall–Kier alpha value is -3.08. The van der Waals surface area contributed by atoms with Gasteiger partial charge in [-0.2, -0.15) is 4.98 Å². The number of rotatable bonds is 5. The monoisotopic (exact) mass is 348 g/mol. The molecule has 134 valence electrons. The highest BCUT2D eigenvalue weighted by Gasteiger charge is 2.08. The molecule has 0 bridgehead atoms. The Kier molecular flexibility index (Phi) is 5.07. The number of nitrogens with one attached hydrogen (secondary N) is 2. The summed E-state index contributed by atoms with van der Waals surface area (Å²) in [6, 6.07) is 14.1. The van der Waals surface area contributed by atoms with Crippen molar-refractivity contribution in [1.29, 1.82) is 0 Å². The predicted octanol–water partition coefficient (Wildman–Crippen LogP) is 5.21. The zero-order chi connectivity index (χ0) is 18.7. The SMILES string of the molecule is COc1ccc(C)cc1Nc1cc(C)nc(Nc2ccc(C)c(C)c2)n1. The first-order valence-corrected chi connectivity index (χ1v) is 8.56. The maximum Gasteiger partial charge on any atom is 0.229 e. The molecule has 0 amide bonds. The Labute approximate surface area is 154 Å². The maximum atomic E-state index is 5.43. The van der Waals surface area contributed by atoms with E-state index in [9.17, 15) is 0 Å². The Morgan fingerprint density at radius 3 is 2.35 bits per heavy atom. The van der Waals surface area contributed by atoms with Gasteiger partial charge in [-0.15, -0.1) is 0 Å². The number of aryl methyl sites for hydroxylation is 4. The third-order valence-corrected chi connectivity index (χ3v) is 4.23. The van der Waals surface area contributed by atoms with Crippen LogP contribution in [0, 0.1) is 27.7 Å². The molecule has 3 rings (SSSR count). The molecule has 0 atom stereocenters. The van der Waals surface area contributed by atoms with Gasteiger partial charge in [-0.25, -0.2) is 4.98 Å². The van der Waals surface area contributed by atoms with Crippen molar-refractivity contribution in [1.82, 2.24) is 9.97 Å². The molecule has 0 unspecified atom stereocenters. The molecule has 3 aromatic rings. The third kappa shape index (κ3) is 4.11. The van der Waals surface area contributed by atoms with Crippen molar-refractivity contribution in [2.24, 2.45) is 0 Å². The fourth-order valence-corrected chi connectivity index (χ4v) is 2.69. The molecule has 0 saturated heterocycles. The molecule has 0 fully saturated rings. The number of ether oxygens (including phenoxy) is 1. The van der Waals surface area contributed by atoms with E-state index in [1.54, 1.807) is 7.11 Å². The van der Waals surface area contributed by atoms with Gasteiger partial charge in [0, 0.05) is 17.4 Å². The van der Waals surface area contributed by atoms with Gasteiger partial charge >= 0.3 is 0 Å². The van der Waals surface area contributed by atoms with Crippen LogP contribution in [-0.2, 0) is 0 Å². The summed E-state index contributed by atoms with van der Waals surface area (Å²) in [6.45, 7) is 8.18. The summed E-state index contributed by atoms with van der Waals surface area (Å²) in [5.74, 6) is 2.05. The van der Waals surface area contributed by atoms with E-state index in [2.05, 4.69) is 46.6 Å². The Morgan fingerprint density at radius 1 is 0.808 bits per heavy atom. The molecule has 1 aromatic heterocycles. The van der Waals surface area contributed by atoms with Crippen molar-refractivity contribution in [3.05, 3.63) is 64.8 Å². The highest BCUT2D eigenvalue weighted by Crippen LogP contribution is 2.28. The normalized spacial score (nSPS) is 10.5. The van der Waals surface area contributed by atoms with E-state index in [0.29, 0.717) is 11.8 Å². The van der Waals surface area contributed by atoms with Crippen LogP contribution in [0.15, 0.2) is 42.5 Å². The van der Waals surface area contributed by atoms with Crippen LogP contribution < -0.4 is 15.4 Å². The number of hydrogen-bond donors (Lipinski definition) is 2. The number of nitrogens with zero attached hydrogens (tertiary/aromatic N) is 2. The molecule has 0 aliphatic rings.